The molecular weight excluding hydrogens is 350 g/mol. The molecule has 0 saturated carbocycles. The minimum atomic E-state index is 0.314. The highest BCUT2D eigenvalue weighted by molar-refractivity contribution is 9.10. The van der Waals surface area contributed by atoms with Crippen molar-refractivity contribution in [2.75, 3.05) is 5.73 Å². The molecule has 0 aliphatic carbocycles. The van der Waals surface area contributed by atoms with E-state index in [0.717, 1.165) is 28.1 Å². The van der Waals surface area contributed by atoms with Crippen LogP contribution >= 0.6 is 27.5 Å². The molecule has 0 fully saturated rings. The molecule has 1 aromatic heterocycles. The topological polar surface area (TPSA) is 43.8 Å². The third-order valence-electron chi connectivity index (χ3n) is 3.29. The fraction of sp³-hybridized carbons (Fsp3) is 0.438. The van der Waals surface area contributed by atoms with Gasteiger partial charge in [-0.2, -0.15) is 0 Å². The number of nitrogens with zero attached hydrogens (tertiary/aromatic N) is 2. The zero-order valence-electron chi connectivity index (χ0n) is 12.8. The summed E-state index contributed by atoms with van der Waals surface area (Å²) in [5, 5.41) is 0.653. The smallest absolute Gasteiger partial charge is 0.131 e. The van der Waals surface area contributed by atoms with Gasteiger partial charge in [0, 0.05) is 22.5 Å². The molecule has 0 atom stereocenters. The molecule has 0 saturated heterocycles. The number of hydrogen-bond donors (Lipinski definition) is 1. The summed E-state index contributed by atoms with van der Waals surface area (Å²) >= 11 is 9.77. The number of nitrogen functional groups attached to an aromatic ring is 1. The second-order valence-electron chi connectivity index (χ2n) is 5.99. The summed E-state index contributed by atoms with van der Waals surface area (Å²) in [6.07, 6.45) is 0. The first-order valence-electron chi connectivity index (χ1n) is 7.12. The first-order chi connectivity index (χ1) is 9.81. The minimum Gasteiger partial charge on any atom is -0.383 e. The quantitative estimate of drug-likeness (QED) is 0.790. The predicted molar refractivity (Wildman–Crippen MR) is 93.7 cm³/mol. The van der Waals surface area contributed by atoms with Crippen molar-refractivity contribution in [3.05, 3.63) is 33.5 Å². The van der Waals surface area contributed by atoms with Crippen LogP contribution in [0.5, 0.6) is 0 Å². The number of benzene rings is 1. The normalized spacial score (nSPS) is 11.6. The Morgan fingerprint density at radius 2 is 1.95 bits per heavy atom. The Bertz CT molecular complexity index is 647. The Morgan fingerprint density at radius 3 is 2.48 bits per heavy atom. The van der Waals surface area contributed by atoms with Gasteiger partial charge in [-0.3, -0.25) is 0 Å². The largest absolute Gasteiger partial charge is 0.383 e. The lowest BCUT2D eigenvalue weighted by Crippen LogP contribution is -2.12. The van der Waals surface area contributed by atoms with Crippen molar-refractivity contribution in [2.45, 2.75) is 40.2 Å². The molecular formula is C16H21BrClN3. The van der Waals surface area contributed by atoms with Gasteiger partial charge in [-0.05, 0) is 18.1 Å². The van der Waals surface area contributed by atoms with Gasteiger partial charge in [-0.1, -0.05) is 61.3 Å². The number of rotatable bonds is 4. The van der Waals surface area contributed by atoms with Gasteiger partial charge in [0.15, 0.2) is 0 Å². The van der Waals surface area contributed by atoms with E-state index in [2.05, 4.69) is 48.2 Å². The lowest BCUT2D eigenvalue weighted by molar-refractivity contribution is 0.502. The molecule has 1 heterocycles. The van der Waals surface area contributed by atoms with Crippen LogP contribution in [0.1, 0.15) is 39.4 Å². The molecule has 0 spiro atoms. The van der Waals surface area contributed by atoms with Gasteiger partial charge in [0.2, 0.25) is 0 Å². The third-order valence-corrected chi connectivity index (χ3v) is 4.09. The fourth-order valence-corrected chi connectivity index (χ4v) is 3.12. The van der Waals surface area contributed by atoms with Gasteiger partial charge < -0.3 is 10.3 Å². The van der Waals surface area contributed by atoms with Crippen molar-refractivity contribution >= 4 is 33.3 Å². The number of hydrogen-bond acceptors (Lipinski definition) is 2. The maximum Gasteiger partial charge on any atom is 0.131 e. The second-order valence-corrected chi connectivity index (χ2v) is 7.31. The molecule has 0 amide bonds. The van der Waals surface area contributed by atoms with Crippen LogP contribution in [0.15, 0.2) is 22.7 Å². The highest BCUT2D eigenvalue weighted by Crippen LogP contribution is 2.35. The fourth-order valence-electron chi connectivity index (χ4n) is 2.36. The first kappa shape index (κ1) is 16.4. The second kappa shape index (κ2) is 6.41. The molecule has 0 unspecified atom stereocenters. The van der Waals surface area contributed by atoms with Gasteiger partial charge in [-0.15, -0.1) is 0 Å². The van der Waals surface area contributed by atoms with Crippen LogP contribution in [0.25, 0.3) is 11.3 Å². The predicted octanol–water partition coefficient (Wildman–Crippen LogP) is 5.33. The summed E-state index contributed by atoms with van der Waals surface area (Å²) in [6.45, 7) is 9.48. The van der Waals surface area contributed by atoms with Crippen LogP contribution < -0.4 is 5.73 Å². The van der Waals surface area contributed by atoms with Crippen molar-refractivity contribution < 1.29 is 0 Å². The minimum absolute atomic E-state index is 0.314. The molecule has 2 rings (SSSR count). The van der Waals surface area contributed by atoms with E-state index in [1.807, 2.05) is 18.2 Å². The van der Waals surface area contributed by atoms with Gasteiger partial charge in [0.25, 0.3) is 0 Å². The number of aromatic nitrogens is 2. The van der Waals surface area contributed by atoms with Gasteiger partial charge in [-0.25, -0.2) is 4.98 Å². The molecule has 2 aromatic rings. The molecule has 0 radical (unpaired) electrons. The van der Waals surface area contributed by atoms with E-state index in [-0.39, 0.29) is 0 Å². The van der Waals surface area contributed by atoms with Crippen LogP contribution in [0, 0.1) is 5.92 Å². The van der Waals surface area contributed by atoms with Crippen molar-refractivity contribution in [3.8, 4) is 11.3 Å². The lowest BCUT2D eigenvalue weighted by Gasteiger charge is -2.14. The Labute approximate surface area is 139 Å². The van der Waals surface area contributed by atoms with E-state index in [1.54, 1.807) is 0 Å². The Kier molecular flexibility index (Phi) is 4.99. The van der Waals surface area contributed by atoms with E-state index in [1.165, 1.54) is 0 Å². The summed E-state index contributed by atoms with van der Waals surface area (Å²) in [5.74, 6) is 2.52. The average Bonchev–Trinajstić information content (AvgIpc) is 2.67. The molecule has 0 bridgehead atoms. The summed E-state index contributed by atoms with van der Waals surface area (Å²) in [4.78, 5) is 4.76. The van der Waals surface area contributed by atoms with Crippen molar-refractivity contribution in [2.24, 2.45) is 5.92 Å². The molecule has 5 heteroatoms. The van der Waals surface area contributed by atoms with E-state index in [4.69, 9.17) is 22.3 Å². The Hall–Kier alpha value is -1.00. The number of halogens is 2. The molecule has 21 heavy (non-hydrogen) atoms. The molecule has 114 valence electrons. The maximum absolute atomic E-state index is 6.36. The van der Waals surface area contributed by atoms with Crippen molar-refractivity contribution in [3.63, 3.8) is 0 Å². The van der Waals surface area contributed by atoms with E-state index >= 15 is 0 Å². The molecule has 0 aliphatic rings. The van der Waals surface area contributed by atoms with Crippen LogP contribution in [0.3, 0.4) is 0 Å². The standard InChI is InChI=1S/C16H21BrClN3/c1-9(2)8-21-15(19)14(20-16(21)10(3)4)12-6-5-11(17)7-13(12)18/h5-7,9-10H,8,19H2,1-4H3. The summed E-state index contributed by atoms with van der Waals surface area (Å²) in [7, 11) is 0. The SMILES string of the molecule is CC(C)Cn1c(C(C)C)nc(-c2ccc(Br)cc2Cl)c1N. The van der Waals surface area contributed by atoms with Crippen molar-refractivity contribution in [1.82, 2.24) is 9.55 Å². The van der Waals surface area contributed by atoms with E-state index in [9.17, 15) is 0 Å². The Balaban J connectivity index is 2.59. The molecule has 3 nitrogen and oxygen atoms in total. The summed E-state index contributed by atoms with van der Waals surface area (Å²) < 4.78 is 3.06. The van der Waals surface area contributed by atoms with Gasteiger partial charge >= 0.3 is 0 Å². The number of anilines is 1. The third kappa shape index (κ3) is 3.43. The Morgan fingerprint density at radius 1 is 1.29 bits per heavy atom. The van der Waals surface area contributed by atoms with E-state index in [0.29, 0.717) is 22.7 Å². The average molecular weight is 371 g/mol. The van der Waals surface area contributed by atoms with E-state index < -0.39 is 0 Å². The molecule has 2 N–H and O–H groups in total. The first-order valence-corrected chi connectivity index (χ1v) is 8.29. The molecule has 0 aliphatic heterocycles. The summed E-state index contributed by atoms with van der Waals surface area (Å²) in [5.41, 5.74) is 8.01. The zero-order chi connectivity index (χ0) is 15.7. The summed E-state index contributed by atoms with van der Waals surface area (Å²) in [6, 6.07) is 5.78. The van der Waals surface area contributed by atoms with Crippen LogP contribution in [-0.4, -0.2) is 9.55 Å². The molecule has 1 aromatic carbocycles. The maximum atomic E-state index is 6.36. The zero-order valence-corrected chi connectivity index (χ0v) is 15.2. The van der Waals surface area contributed by atoms with Gasteiger partial charge in [0.05, 0.1) is 5.02 Å². The van der Waals surface area contributed by atoms with Crippen LogP contribution in [0.4, 0.5) is 5.82 Å². The van der Waals surface area contributed by atoms with Crippen LogP contribution in [0.2, 0.25) is 5.02 Å². The number of nitrogens with two attached hydrogens (primary N) is 1. The van der Waals surface area contributed by atoms with Crippen molar-refractivity contribution in [1.29, 1.82) is 0 Å². The highest BCUT2D eigenvalue weighted by atomic mass is 79.9. The number of imidazole rings is 1. The van der Waals surface area contributed by atoms with Crippen LogP contribution in [-0.2, 0) is 6.54 Å². The monoisotopic (exact) mass is 369 g/mol. The lowest BCUT2D eigenvalue weighted by atomic mass is 10.1. The highest BCUT2D eigenvalue weighted by Gasteiger charge is 2.20. The van der Waals surface area contributed by atoms with Gasteiger partial charge in [0.1, 0.15) is 17.3 Å².